The van der Waals surface area contributed by atoms with E-state index >= 15 is 0 Å². The molecule has 202 valence electrons. The third kappa shape index (κ3) is 5.31. The van der Waals surface area contributed by atoms with E-state index in [4.69, 9.17) is 44.9 Å². The van der Waals surface area contributed by atoms with Gasteiger partial charge in [-0.05, 0) is 60.9 Å². The molecule has 0 aromatic heterocycles. The highest BCUT2D eigenvalue weighted by molar-refractivity contribution is 7.89. The molecule has 3 aromatic carbocycles. The fourth-order valence-electron chi connectivity index (χ4n) is 4.99. The Bertz CT molecular complexity index is 1770. The van der Waals surface area contributed by atoms with E-state index in [0.29, 0.717) is 62.4 Å². The maximum Gasteiger partial charge on any atom is 0.238 e. The standard InChI is InChI=1S/C29H21Cl3N4O3S/c30-18-8-13-21(24(32)14-18)27-22(15-33)29(35-16-17-4-1-2-5-23(17)31)36(25-6-3-7-26(37)28(25)27)19-9-11-20(12-10-19)40(34,38)39/h1-2,4-5,8-14,16,27H,3,6-7H2,(H2,34,38,39)/b35-16+. The van der Waals surface area contributed by atoms with Crippen LogP contribution in [0, 0.1) is 11.3 Å². The smallest absolute Gasteiger partial charge is 0.238 e. The maximum atomic E-state index is 13.5. The van der Waals surface area contributed by atoms with Crippen molar-refractivity contribution in [3.8, 4) is 6.07 Å². The van der Waals surface area contributed by atoms with Crippen LogP contribution in [0.25, 0.3) is 0 Å². The average molecular weight is 612 g/mol. The molecule has 1 unspecified atom stereocenters. The summed E-state index contributed by atoms with van der Waals surface area (Å²) < 4.78 is 23.8. The van der Waals surface area contributed by atoms with Crippen LogP contribution in [0.5, 0.6) is 0 Å². The van der Waals surface area contributed by atoms with Crippen molar-refractivity contribution < 1.29 is 13.2 Å². The summed E-state index contributed by atoms with van der Waals surface area (Å²) in [4.78, 5) is 19.9. The number of halogens is 3. The molecule has 0 spiro atoms. The van der Waals surface area contributed by atoms with Crippen molar-refractivity contribution in [1.29, 1.82) is 5.26 Å². The van der Waals surface area contributed by atoms with Crippen LogP contribution in [0.15, 0.2) is 99.3 Å². The second kappa shape index (κ2) is 11.2. The molecule has 0 saturated carbocycles. The number of Topliss-reactive ketones (excluding diaryl/α,β-unsaturated/α-hetero) is 1. The van der Waals surface area contributed by atoms with Crippen molar-refractivity contribution >= 4 is 62.5 Å². The number of primary sulfonamides is 1. The molecule has 7 nitrogen and oxygen atoms in total. The SMILES string of the molecule is N#CC1=C(/N=C/c2ccccc2Cl)N(c2ccc(S(N)(=O)=O)cc2)C2=C(C(=O)CCC2)C1c1ccc(Cl)cc1Cl. The second-order valence-electron chi connectivity index (χ2n) is 9.24. The molecule has 1 heterocycles. The number of nitriles is 1. The van der Waals surface area contributed by atoms with Gasteiger partial charge >= 0.3 is 0 Å². The Kier molecular flexibility index (Phi) is 7.87. The van der Waals surface area contributed by atoms with Gasteiger partial charge in [-0.1, -0.05) is 59.1 Å². The molecule has 1 aliphatic carbocycles. The first kappa shape index (κ1) is 28.1. The molecule has 0 radical (unpaired) electrons. The minimum absolute atomic E-state index is 0.0707. The lowest BCUT2D eigenvalue weighted by atomic mass is 9.75. The number of nitrogens with zero attached hydrogens (tertiary/aromatic N) is 3. The lowest BCUT2D eigenvalue weighted by molar-refractivity contribution is -0.116. The van der Waals surface area contributed by atoms with Gasteiger partial charge in [-0.3, -0.25) is 9.69 Å². The van der Waals surface area contributed by atoms with Crippen molar-refractivity contribution in [3.05, 3.63) is 116 Å². The highest BCUT2D eigenvalue weighted by Crippen LogP contribution is 2.49. The summed E-state index contributed by atoms with van der Waals surface area (Å²) in [7, 11) is -3.93. The van der Waals surface area contributed by atoms with E-state index < -0.39 is 15.9 Å². The Morgan fingerprint density at radius 3 is 2.38 bits per heavy atom. The third-order valence-electron chi connectivity index (χ3n) is 6.78. The topological polar surface area (TPSA) is 117 Å². The van der Waals surface area contributed by atoms with Gasteiger partial charge in [0.2, 0.25) is 10.0 Å². The van der Waals surface area contributed by atoms with Crippen molar-refractivity contribution in [2.24, 2.45) is 10.1 Å². The van der Waals surface area contributed by atoms with E-state index in [-0.39, 0.29) is 22.1 Å². The lowest BCUT2D eigenvalue weighted by Crippen LogP contribution is -2.35. The van der Waals surface area contributed by atoms with Crippen LogP contribution in [-0.2, 0) is 14.8 Å². The zero-order chi connectivity index (χ0) is 28.6. The third-order valence-corrected chi connectivity index (χ3v) is 8.61. The fourth-order valence-corrected chi connectivity index (χ4v) is 6.21. The normalized spacial score (nSPS) is 17.8. The first-order chi connectivity index (χ1) is 19.1. The van der Waals surface area contributed by atoms with Crippen LogP contribution in [0.2, 0.25) is 15.1 Å². The molecule has 40 heavy (non-hydrogen) atoms. The predicted octanol–water partition coefficient (Wildman–Crippen LogP) is 6.76. The first-order valence-corrected chi connectivity index (χ1v) is 14.8. The molecule has 5 rings (SSSR count). The van der Waals surface area contributed by atoms with E-state index in [1.807, 2.05) is 6.07 Å². The van der Waals surface area contributed by atoms with Crippen LogP contribution in [0.1, 0.15) is 36.3 Å². The molecule has 0 fully saturated rings. The Morgan fingerprint density at radius 1 is 1.00 bits per heavy atom. The molecule has 0 amide bonds. The monoisotopic (exact) mass is 610 g/mol. The summed E-state index contributed by atoms with van der Waals surface area (Å²) in [5, 5.41) is 17.1. The zero-order valence-corrected chi connectivity index (χ0v) is 23.9. The van der Waals surface area contributed by atoms with Crippen LogP contribution >= 0.6 is 34.8 Å². The summed E-state index contributed by atoms with van der Waals surface area (Å²) in [5.41, 5.74) is 2.98. The van der Waals surface area contributed by atoms with Crippen molar-refractivity contribution in [1.82, 2.24) is 0 Å². The van der Waals surface area contributed by atoms with Crippen molar-refractivity contribution in [3.63, 3.8) is 0 Å². The second-order valence-corrected chi connectivity index (χ2v) is 12.1. The van der Waals surface area contributed by atoms with E-state index in [1.54, 1.807) is 59.6 Å². The molecule has 1 atom stereocenters. The fraction of sp³-hybridized carbons (Fsp3) is 0.138. The van der Waals surface area contributed by atoms with Crippen LogP contribution in [0.3, 0.4) is 0 Å². The summed E-state index contributed by atoms with van der Waals surface area (Å²) >= 11 is 19.2. The Labute approximate surface area is 246 Å². The quantitative estimate of drug-likeness (QED) is 0.320. The molecule has 1 aliphatic heterocycles. The van der Waals surface area contributed by atoms with Gasteiger partial charge in [-0.25, -0.2) is 18.5 Å². The molecule has 11 heteroatoms. The number of allylic oxidation sites excluding steroid dienone is 3. The zero-order valence-electron chi connectivity index (χ0n) is 20.8. The molecular formula is C29H21Cl3N4O3S. The number of aliphatic imine (C=N–C) groups is 1. The van der Waals surface area contributed by atoms with Gasteiger partial charge in [0.15, 0.2) is 11.6 Å². The van der Waals surface area contributed by atoms with E-state index in [0.717, 1.165) is 0 Å². The summed E-state index contributed by atoms with van der Waals surface area (Å²) in [6.45, 7) is 0. The molecular weight excluding hydrogens is 591 g/mol. The van der Waals surface area contributed by atoms with Crippen molar-refractivity contribution in [2.45, 2.75) is 30.1 Å². The van der Waals surface area contributed by atoms with Gasteiger partial charge in [0.25, 0.3) is 0 Å². The number of benzene rings is 3. The van der Waals surface area contributed by atoms with Gasteiger partial charge < -0.3 is 0 Å². The summed E-state index contributed by atoms with van der Waals surface area (Å²) in [6.07, 6.45) is 2.98. The van der Waals surface area contributed by atoms with Gasteiger partial charge in [0.05, 0.1) is 22.5 Å². The van der Waals surface area contributed by atoms with Gasteiger partial charge in [-0.15, -0.1) is 0 Å². The van der Waals surface area contributed by atoms with E-state index in [1.165, 1.54) is 12.1 Å². The van der Waals surface area contributed by atoms with Crippen LogP contribution in [-0.4, -0.2) is 20.4 Å². The van der Waals surface area contributed by atoms with Crippen molar-refractivity contribution in [2.75, 3.05) is 4.90 Å². The molecule has 2 N–H and O–H groups in total. The minimum atomic E-state index is -3.93. The minimum Gasteiger partial charge on any atom is -0.298 e. The molecule has 2 aliphatic rings. The van der Waals surface area contributed by atoms with Gasteiger partial charge in [0.1, 0.15) is 0 Å². The number of rotatable bonds is 5. The first-order valence-electron chi connectivity index (χ1n) is 12.2. The van der Waals surface area contributed by atoms with Crippen LogP contribution < -0.4 is 10.0 Å². The number of carbonyl (C=O) groups is 1. The van der Waals surface area contributed by atoms with Gasteiger partial charge in [0, 0.05) is 50.2 Å². The summed E-state index contributed by atoms with van der Waals surface area (Å²) in [5.74, 6) is -0.628. The Hall–Kier alpha value is -3.45. The van der Waals surface area contributed by atoms with E-state index in [9.17, 15) is 18.5 Å². The predicted molar refractivity (Wildman–Crippen MR) is 157 cm³/mol. The number of anilines is 1. The number of sulfonamides is 1. The molecule has 3 aromatic rings. The highest BCUT2D eigenvalue weighted by Gasteiger charge is 2.41. The molecule has 0 saturated heterocycles. The van der Waals surface area contributed by atoms with Crippen LogP contribution in [0.4, 0.5) is 5.69 Å². The summed E-state index contributed by atoms with van der Waals surface area (Å²) in [6, 6.07) is 20.2. The lowest BCUT2D eigenvalue weighted by Gasteiger charge is -2.39. The Morgan fingerprint density at radius 2 is 1.73 bits per heavy atom. The highest BCUT2D eigenvalue weighted by atomic mass is 35.5. The number of hydrogen-bond acceptors (Lipinski definition) is 6. The molecule has 0 bridgehead atoms. The Balaban J connectivity index is 1.80. The number of ketones is 1. The van der Waals surface area contributed by atoms with Gasteiger partial charge in [-0.2, -0.15) is 5.26 Å². The number of hydrogen-bond donors (Lipinski definition) is 1. The number of nitrogens with two attached hydrogens (primary N) is 1. The van der Waals surface area contributed by atoms with E-state index in [2.05, 4.69) is 6.07 Å². The largest absolute Gasteiger partial charge is 0.298 e. The maximum absolute atomic E-state index is 13.5. The number of carbonyl (C=O) groups excluding carboxylic acids is 1. The average Bonchev–Trinajstić information content (AvgIpc) is 2.91.